The van der Waals surface area contributed by atoms with E-state index in [9.17, 15) is 13.2 Å². The summed E-state index contributed by atoms with van der Waals surface area (Å²) in [7, 11) is -2.69. The molecule has 0 atom stereocenters. The summed E-state index contributed by atoms with van der Waals surface area (Å²) in [6.45, 7) is 1.79. The van der Waals surface area contributed by atoms with Crippen molar-refractivity contribution in [2.24, 2.45) is 0 Å². The lowest BCUT2D eigenvalue weighted by Crippen LogP contribution is -2.42. The Kier molecular flexibility index (Phi) is 8.21. The zero-order valence-corrected chi connectivity index (χ0v) is 22.1. The van der Waals surface area contributed by atoms with E-state index in [-0.39, 0.29) is 29.5 Å². The Balaban J connectivity index is 1.50. The van der Waals surface area contributed by atoms with Crippen LogP contribution in [-0.2, 0) is 14.8 Å². The van der Waals surface area contributed by atoms with Gasteiger partial charge in [0, 0.05) is 10.4 Å². The number of hydrogen-bond donors (Lipinski definition) is 1. The molecule has 0 radical (unpaired) electrons. The summed E-state index contributed by atoms with van der Waals surface area (Å²) in [5.74, 6) is 0.478. The second-order valence-corrected chi connectivity index (χ2v) is 10.6. The van der Waals surface area contributed by atoms with Gasteiger partial charge in [0.1, 0.15) is 24.7 Å². The molecule has 0 aromatic heterocycles. The average Bonchev–Trinajstić information content (AvgIpc) is 2.90. The monoisotopic (exact) mass is 538 g/mol. The molecular formula is C28H27ClN2O5S. The molecule has 1 N–H and O–H groups in total. The summed E-state index contributed by atoms with van der Waals surface area (Å²) in [6, 6.07) is 24.6. The number of sulfonamides is 1. The van der Waals surface area contributed by atoms with Crippen molar-refractivity contribution in [2.45, 2.75) is 11.8 Å². The van der Waals surface area contributed by atoms with E-state index in [0.29, 0.717) is 10.8 Å². The van der Waals surface area contributed by atoms with E-state index in [2.05, 4.69) is 5.32 Å². The highest BCUT2D eigenvalue weighted by molar-refractivity contribution is 7.92. The summed E-state index contributed by atoms with van der Waals surface area (Å²) in [6.07, 6.45) is 0. The van der Waals surface area contributed by atoms with E-state index in [1.165, 1.54) is 25.3 Å². The third-order valence-electron chi connectivity index (χ3n) is 5.74. The number of aryl methyl sites for hydroxylation is 1. The zero-order valence-electron chi connectivity index (χ0n) is 20.5. The maximum Gasteiger partial charge on any atom is 0.264 e. The van der Waals surface area contributed by atoms with Crippen LogP contribution in [-0.4, -0.2) is 41.1 Å². The summed E-state index contributed by atoms with van der Waals surface area (Å²) in [5.41, 5.74) is 1.08. The first-order valence-corrected chi connectivity index (χ1v) is 13.4. The summed E-state index contributed by atoms with van der Waals surface area (Å²) in [4.78, 5) is 13.0. The predicted molar refractivity (Wildman–Crippen MR) is 146 cm³/mol. The molecule has 4 rings (SSSR count). The number of halogens is 1. The van der Waals surface area contributed by atoms with Crippen LogP contribution in [0, 0.1) is 6.92 Å². The number of nitrogens with zero attached hydrogens (tertiary/aromatic N) is 1. The molecule has 7 nitrogen and oxygen atoms in total. The van der Waals surface area contributed by atoms with Gasteiger partial charge in [-0.05, 0) is 48.7 Å². The number of benzene rings is 4. The van der Waals surface area contributed by atoms with E-state index in [4.69, 9.17) is 21.1 Å². The lowest BCUT2D eigenvalue weighted by atomic mass is 10.1. The number of carbonyl (C=O) groups is 1. The zero-order chi connectivity index (χ0) is 26.4. The van der Waals surface area contributed by atoms with Crippen LogP contribution < -0.4 is 19.1 Å². The Morgan fingerprint density at radius 3 is 2.43 bits per heavy atom. The fraction of sp³-hybridized carbons (Fsp3) is 0.179. The van der Waals surface area contributed by atoms with Crippen LogP contribution in [0.1, 0.15) is 5.56 Å². The molecular weight excluding hydrogens is 512 g/mol. The van der Waals surface area contributed by atoms with E-state index < -0.39 is 22.5 Å². The Morgan fingerprint density at radius 2 is 1.68 bits per heavy atom. The van der Waals surface area contributed by atoms with Crippen molar-refractivity contribution in [1.29, 1.82) is 0 Å². The SMILES string of the molecule is COc1ccc(Cl)cc1N(CC(=O)NCCOc1cccc2ccccc12)S(=O)(=O)c1ccc(C)cc1. The number of carbonyl (C=O) groups excluding carboxylic acids is 1. The van der Waals surface area contributed by atoms with Crippen molar-refractivity contribution in [3.05, 3.63) is 95.5 Å². The maximum absolute atomic E-state index is 13.6. The number of rotatable bonds is 10. The molecule has 4 aromatic carbocycles. The highest BCUT2D eigenvalue weighted by atomic mass is 35.5. The number of fused-ring (bicyclic) bond motifs is 1. The number of hydrogen-bond acceptors (Lipinski definition) is 5. The van der Waals surface area contributed by atoms with E-state index >= 15 is 0 Å². The van der Waals surface area contributed by atoms with Crippen molar-refractivity contribution in [2.75, 3.05) is 31.1 Å². The Labute approximate surface area is 221 Å². The molecule has 1 amide bonds. The van der Waals surface area contributed by atoms with Gasteiger partial charge in [0.05, 0.1) is 24.2 Å². The lowest BCUT2D eigenvalue weighted by molar-refractivity contribution is -0.119. The highest BCUT2D eigenvalue weighted by Gasteiger charge is 2.29. The Hall–Kier alpha value is -3.75. The van der Waals surface area contributed by atoms with Crippen molar-refractivity contribution in [1.82, 2.24) is 5.32 Å². The van der Waals surface area contributed by atoms with Gasteiger partial charge in [0.15, 0.2) is 0 Å². The summed E-state index contributed by atoms with van der Waals surface area (Å²) >= 11 is 6.18. The third-order valence-corrected chi connectivity index (χ3v) is 7.75. The average molecular weight is 539 g/mol. The number of nitrogens with one attached hydrogen (secondary N) is 1. The highest BCUT2D eigenvalue weighted by Crippen LogP contribution is 2.34. The first kappa shape index (κ1) is 26.3. The molecule has 0 aliphatic carbocycles. The van der Waals surface area contributed by atoms with Crippen molar-refractivity contribution in [3.63, 3.8) is 0 Å². The number of amides is 1. The van der Waals surface area contributed by atoms with Crippen LogP contribution in [0.15, 0.2) is 89.8 Å². The second kappa shape index (κ2) is 11.5. The lowest BCUT2D eigenvalue weighted by Gasteiger charge is -2.26. The van der Waals surface area contributed by atoms with Crippen molar-refractivity contribution >= 4 is 44.0 Å². The quantitative estimate of drug-likeness (QED) is 0.280. The topological polar surface area (TPSA) is 84.9 Å². The molecule has 0 bridgehead atoms. The molecule has 9 heteroatoms. The molecule has 0 aliphatic heterocycles. The molecule has 0 spiro atoms. The number of methoxy groups -OCH3 is 1. The van der Waals surface area contributed by atoms with Gasteiger partial charge in [-0.15, -0.1) is 0 Å². The second-order valence-electron chi connectivity index (χ2n) is 8.32. The molecule has 0 saturated heterocycles. The first-order chi connectivity index (χ1) is 17.8. The molecule has 0 aliphatic rings. The Morgan fingerprint density at radius 1 is 0.946 bits per heavy atom. The van der Waals surface area contributed by atoms with Gasteiger partial charge in [0.25, 0.3) is 10.0 Å². The maximum atomic E-state index is 13.6. The molecule has 4 aromatic rings. The largest absolute Gasteiger partial charge is 0.495 e. The molecule has 0 heterocycles. The number of ether oxygens (including phenoxy) is 2. The van der Waals surface area contributed by atoms with Crippen LogP contribution in [0.25, 0.3) is 10.8 Å². The van der Waals surface area contributed by atoms with Gasteiger partial charge >= 0.3 is 0 Å². The van der Waals surface area contributed by atoms with Crippen LogP contribution in [0.2, 0.25) is 5.02 Å². The summed E-state index contributed by atoms with van der Waals surface area (Å²) < 4.78 is 39.5. The molecule has 37 heavy (non-hydrogen) atoms. The van der Waals surface area contributed by atoms with Crippen LogP contribution in [0.5, 0.6) is 11.5 Å². The normalized spacial score (nSPS) is 11.2. The Bertz CT molecular complexity index is 1500. The van der Waals surface area contributed by atoms with Crippen molar-refractivity contribution < 1.29 is 22.7 Å². The molecule has 0 unspecified atom stereocenters. The van der Waals surface area contributed by atoms with Crippen LogP contribution in [0.3, 0.4) is 0 Å². The minimum absolute atomic E-state index is 0.0483. The first-order valence-electron chi connectivity index (χ1n) is 11.6. The molecule has 0 saturated carbocycles. The van der Waals surface area contributed by atoms with Gasteiger partial charge in [0.2, 0.25) is 5.91 Å². The van der Waals surface area contributed by atoms with Gasteiger partial charge in [-0.1, -0.05) is 65.7 Å². The molecule has 192 valence electrons. The van der Waals surface area contributed by atoms with Gasteiger partial charge in [-0.3, -0.25) is 9.10 Å². The van der Waals surface area contributed by atoms with Crippen LogP contribution in [0.4, 0.5) is 5.69 Å². The van der Waals surface area contributed by atoms with Gasteiger partial charge < -0.3 is 14.8 Å². The fourth-order valence-corrected chi connectivity index (χ4v) is 5.44. The van der Waals surface area contributed by atoms with E-state index in [1.54, 1.807) is 24.3 Å². The van der Waals surface area contributed by atoms with Gasteiger partial charge in [-0.2, -0.15) is 0 Å². The smallest absolute Gasteiger partial charge is 0.264 e. The summed E-state index contributed by atoms with van der Waals surface area (Å²) in [5, 5.41) is 5.08. The van der Waals surface area contributed by atoms with E-state index in [0.717, 1.165) is 20.6 Å². The minimum Gasteiger partial charge on any atom is -0.495 e. The van der Waals surface area contributed by atoms with Gasteiger partial charge in [-0.25, -0.2) is 8.42 Å². The fourth-order valence-electron chi connectivity index (χ4n) is 3.85. The predicted octanol–water partition coefficient (Wildman–Crippen LogP) is 5.20. The van der Waals surface area contributed by atoms with Crippen LogP contribution >= 0.6 is 11.6 Å². The third kappa shape index (κ3) is 6.15. The standard InChI is InChI=1S/C28H27ClN2O5S/c1-20-10-13-23(14-11-20)37(33,34)31(25-18-22(29)12-15-27(25)35-2)19-28(32)30-16-17-36-26-9-5-7-21-6-3-4-8-24(21)26/h3-15,18H,16-17,19H2,1-2H3,(H,30,32). The molecule has 0 fully saturated rings. The van der Waals surface area contributed by atoms with E-state index in [1.807, 2.05) is 49.4 Å². The number of anilines is 1. The van der Waals surface area contributed by atoms with Crippen molar-refractivity contribution in [3.8, 4) is 11.5 Å². The minimum atomic E-state index is -4.11.